The number of nitrogens with one attached hydrogen (secondary N) is 2. The lowest BCUT2D eigenvalue weighted by molar-refractivity contribution is -0.120. The van der Waals surface area contributed by atoms with Crippen LogP contribution in [0.3, 0.4) is 0 Å². The van der Waals surface area contributed by atoms with Crippen LogP contribution in [-0.4, -0.2) is 24.5 Å². The van der Waals surface area contributed by atoms with E-state index in [1.165, 1.54) is 0 Å². The molecule has 0 heterocycles. The predicted octanol–water partition coefficient (Wildman–Crippen LogP) is 1.63. The number of halogens is 1. The van der Waals surface area contributed by atoms with Crippen LogP contribution in [0.5, 0.6) is 0 Å². The third-order valence-electron chi connectivity index (χ3n) is 1.48. The van der Waals surface area contributed by atoms with Gasteiger partial charge in [0, 0.05) is 23.5 Å². The molecule has 3 nitrogen and oxygen atoms in total. The fourth-order valence-electron chi connectivity index (χ4n) is 0.834. The van der Waals surface area contributed by atoms with Crippen molar-refractivity contribution in [3.05, 3.63) is 11.6 Å². The lowest BCUT2D eigenvalue weighted by Crippen LogP contribution is -2.38. The summed E-state index contributed by atoms with van der Waals surface area (Å²) in [6, 6.07) is 0. The van der Waals surface area contributed by atoms with Crippen molar-refractivity contribution in [3.8, 4) is 0 Å². The summed E-state index contributed by atoms with van der Waals surface area (Å²) in [7, 11) is 0. The van der Waals surface area contributed by atoms with Gasteiger partial charge in [-0.3, -0.25) is 4.79 Å². The summed E-state index contributed by atoms with van der Waals surface area (Å²) in [5.41, 5.74) is 0.0519. The van der Waals surface area contributed by atoms with E-state index >= 15 is 0 Å². The molecule has 0 aromatic rings. The Morgan fingerprint density at radius 1 is 1.43 bits per heavy atom. The molecule has 0 aliphatic heterocycles. The molecule has 0 rings (SSSR count). The van der Waals surface area contributed by atoms with Gasteiger partial charge in [-0.05, 0) is 20.8 Å². The largest absolute Gasteiger partial charge is 0.351 e. The summed E-state index contributed by atoms with van der Waals surface area (Å²) in [4.78, 5) is 11.2. The maximum atomic E-state index is 11.2. The maximum Gasteiger partial charge on any atom is 0.221 e. The monoisotopic (exact) mass is 218 g/mol. The van der Waals surface area contributed by atoms with Gasteiger partial charge in [0.1, 0.15) is 0 Å². The fourth-order valence-corrected chi connectivity index (χ4v) is 0.901. The van der Waals surface area contributed by atoms with Crippen LogP contribution < -0.4 is 10.6 Å². The summed E-state index contributed by atoms with van der Waals surface area (Å²) in [5, 5.41) is 6.33. The maximum absolute atomic E-state index is 11.2. The van der Waals surface area contributed by atoms with Gasteiger partial charge >= 0.3 is 0 Å². The quantitative estimate of drug-likeness (QED) is 0.737. The van der Waals surface area contributed by atoms with Gasteiger partial charge in [-0.1, -0.05) is 18.2 Å². The molecule has 0 aromatic carbocycles. The van der Waals surface area contributed by atoms with Gasteiger partial charge in [-0.2, -0.15) is 0 Å². The zero-order valence-corrected chi connectivity index (χ0v) is 9.87. The highest BCUT2D eigenvalue weighted by molar-refractivity contribution is 6.29. The lowest BCUT2D eigenvalue weighted by Gasteiger charge is -2.20. The van der Waals surface area contributed by atoms with E-state index in [0.717, 1.165) is 0 Å². The number of amides is 1. The molecule has 0 unspecified atom stereocenters. The number of hydrogen-bond acceptors (Lipinski definition) is 2. The van der Waals surface area contributed by atoms with Crippen molar-refractivity contribution < 1.29 is 4.79 Å². The van der Waals surface area contributed by atoms with E-state index in [0.29, 0.717) is 24.5 Å². The third-order valence-corrected chi connectivity index (χ3v) is 1.62. The summed E-state index contributed by atoms with van der Waals surface area (Å²) in [6.45, 7) is 10.7. The molecule has 0 fully saturated rings. The minimum absolute atomic E-state index is 0.0106. The van der Waals surface area contributed by atoms with Crippen LogP contribution >= 0.6 is 11.6 Å². The summed E-state index contributed by atoms with van der Waals surface area (Å²) in [6.07, 6.45) is 0.460. The van der Waals surface area contributed by atoms with Crippen molar-refractivity contribution in [2.75, 3.05) is 13.1 Å². The average Bonchev–Trinajstić information content (AvgIpc) is 1.98. The summed E-state index contributed by atoms with van der Waals surface area (Å²) in [5.74, 6) is -0.0106. The molecule has 4 heteroatoms. The lowest BCUT2D eigenvalue weighted by atomic mass is 10.1. The molecule has 0 aliphatic carbocycles. The van der Waals surface area contributed by atoms with Gasteiger partial charge in [0.15, 0.2) is 0 Å². The van der Waals surface area contributed by atoms with Crippen molar-refractivity contribution in [1.29, 1.82) is 0 Å². The molecule has 0 radical (unpaired) electrons. The SMILES string of the molecule is C=C(Cl)CNC(=O)CCNC(C)(C)C. The zero-order valence-electron chi connectivity index (χ0n) is 9.11. The van der Waals surface area contributed by atoms with E-state index in [2.05, 4.69) is 38.0 Å². The van der Waals surface area contributed by atoms with Crippen molar-refractivity contribution in [3.63, 3.8) is 0 Å². The Morgan fingerprint density at radius 2 is 2.00 bits per heavy atom. The Bertz CT molecular complexity index is 209. The Kier molecular flexibility index (Phi) is 5.81. The molecule has 14 heavy (non-hydrogen) atoms. The van der Waals surface area contributed by atoms with E-state index in [9.17, 15) is 4.79 Å². The van der Waals surface area contributed by atoms with Crippen molar-refractivity contribution in [2.45, 2.75) is 32.7 Å². The Labute approximate surface area is 90.9 Å². The topological polar surface area (TPSA) is 41.1 Å². The first-order chi connectivity index (χ1) is 6.31. The standard InChI is InChI=1S/C10H19ClN2O/c1-8(11)7-12-9(14)5-6-13-10(2,3)4/h13H,1,5-7H2,2-4H3,(H,12,14). The molecule has 1 amide bonds. The molecule has 0 saturated heterocycles. The predicted molar refractivity (Wildman–Crippen MR) is 60.4 cm³/mol. The van der Waals surface area contributed by atoms with Gasteiger partial charge < -0.3 is 10.6 Å². The van der Waals surface area contributed by atoms with Crippen molar-refractivity contribution in [2.24, 2.45) is 0 Å². The van der Waals surface area contributed by atoms with Gasteiger partial charge in [-0.25, -0.2) is 0 Å². The van der Waals surface area contributed by atoms with Crippen LogP contribution in [0.4, 0.5) is 0 Å². The van der Waals surface area contributed by atoms with Crippen LogP contribution in [0.2, 0.25) is 0 Å². The number of carbonyl (C=O) groups is 1. The number of carbonyl (C=O) groups excluding carboxylic acids is 1. The third kappa shape index (κ3) is 9.55. The first-order valence-electron chi connectivity index (χ1n) is 4.66. The number of rotatable bonds is 5. The molecule has 0 bridgehead atoms. The highest BCUT2D eigenvalue weighted by atomic mass is 35.5. The first kappa shape index (κ1) is 13.5. The van der Waals surface area contributed by atoms with E-state index in [-0.39, 0.29) is 11.4 Å². The smallest absolute Gasteiger partial charge is 0.221 e. The second-order valence-electron chi connectivity index (χ2n) is 4.22. The minimum Gasteiger partial charge on any atom is -0.351 e. The summed E-state index contributed by atoms with van der Waals surface area (Å²) >= 11 is 5.50. The normalized spacial score (nSPS) is 11.1. The molecule has 0 saturated carbocycles. The second-order valence-corrected chi connectivity index (χ2v) is 4.76. The van der Waals surface area contributed by atoms with Crippen LogP contribution in [0.25, 0.3) is 0 Å². The average molecular weight is 219 g/mol. The Morgan fingerprint density at radius 3 is 2.43 bits per heavy atom. The van der Waals surface area contributed by atoms with Crippen LogP contribution in [0.1, 0.15) is 27.2 Å². The molecule has 82 valence electrons. The van der Waals surface area contributed by atoms with Gasteiger partial charge in [0.05, 0.1) is 6.54 Å². The van der Waals surface area contributed by atoms with Gasteiger partial charge in [0.25, 0.3) is 0 Å². The molecule has 0 aromatic heterocycles. The molecule has 0 spiro atoms. The minimum atomic E-state index is -0.0106. The Hall–Kier alpha value is -0.540. The van der Waals surface area contributed by atoms with Gasteiger partial charge in [0.2, 0.25) is 5.91 Å². The van der Waals surface area contributed by atoms with E-state index < -0.39 is 0 Å². The highest BCUT2D eigenvalue weighted by Crippen LogP contribution is 1.98. The van der Waals surface area contributed by atoms with E-state index in [1.54, 1.807) is 0 Å². The molecule has 0 atom stereocenters. The molecule has 2 N–H and O–H groups in total. The van der Waals surface area contributed by atoms with Crippen LogP contribution in [0.15, 0.2) is 11.6 Å². The number of hydrogen-bond donors (Lipinski definition) is 2. The van der Waals surface area contributed by atoms with Crippen molar-refractivity contribution >= 4 is 17.5 Å². The first-order valence-corrected chi connectivity index (χ1v) is 5.04. The Balaban J connectivity index is 3.50. The second kappa shape index (κ2) is 6.04. The molecular weight excluding hydrogens is 200 g/mol. The van der Waals surface area contributed by atoms with Crippen LogP contribution in [0, 0.1) is 0 Å². The summed E-state index contributed by atoms with van der Waals surface area (Å²) < 4.78 is 0. The van der Waals surface area contributed by atoms with E-state index in [1.807, 2.05) is 0 Å². The van der Waals surface area contributed by atoms with Gasteiger partial charge in [-0.15, -0.1) is 0 Å². The zero-order chi connectivity index (χ0) is 11.2. The van der Waals surface area contributed by atoms with E-state index in [4.69, 9.17) is 11.6 Å². The molecule has 0 aliphatic rings. The van der Waals surface area contributed by atoms with Crippen LogP contribution in [-0.2, 0) is 4.79 Å². The molecular formula is C10H19ClN2O. The van der Waals surface area contributed by atoms with Crippen molar-refractivity contribution in [1.82, 2.24) is 10.6 Å². The highest BCUT2D eigenvalue weighted by Gasteiger charge is 2.09. The fraction of sp³-hybridized carbons (Fsp3) is 0.700.